The zero-order valence-electron chi connectivity index (χ0n) is 11.3. The van der Waals surface area contributed by atoms with Crippen LogP contribution in [0.3, 0.4) is 0 Å². The summed E-state index contributed by atoms with van der Waals surface area (Å²) in [7, 11) is 0. The Morgan fingerprint density at radius 1 is 1.50 bits per heavy atom. The number of ether oxygens (including phenoxy) is 1. The van der Waals surface area contributed by atoms with Gasteiger partial charge in [0.2, 0.25) is 0 Å². The van der Waals surface area contributed by atoms with E-state index in [9.17, 15) is 14.9 Å². The number of benzene rings is 1. The van der Waals surface area contributed by atoms with E-state index in [0.29, 0.717) is 24.8 Å². The zero-order chi connectivity index (χ0) is 14.9. The third kappa shape index (κ3) is 2.76. The minimum atomic E-state index is -0.572. The Morgan fingerprint density at radius 2 is 2.20 bits per heavy atom. The molecule has 0 atom stereocenters. The molecule has 108 valence electrons. The van der Waals surface area contributed by atoms with E-state index in [4.69, 9.17) is 16.3 Å². The number of carbonyl (C=O) groups is 1. The number of nitro groups is 1. The second-order valence-electron chi connectivity index (χ2n) is 5.24. The molecule has 0 bridgehead atoms. The van der Waals surface area contributed by atoms with Gasteiger partial charge in [-0.2, -0.15) is 0 Å². The van der Waals surface area contributed by atoms with Crippen molar-refractivity contribution in [3.63, 3.8) is 0 Å². The number of nitro benzene ring substituents is 1. The normalized spacial score (nSPS) is 17.9. The van der Waals surface area contributed by atoms with Crippen LogP contribution in [0.2, 0.25) is 5.02 Å². The van der Waals surface area contributed by atoms with Gasteiger partial charge in [-0.05, 0) is 26.0 Å². The van der Waals surface area contributed by atoms with Gasteiger partial charge < -0.3 is 9.64 Å². The summed E-state index contributed by atoms with van der Waals surface area (Å²) < 4.78 is 5.35. The summed E-state index contributed by atoms with van der Waals surface area (Å²) in [5.74, 6) is -0.396. The molecule has 1 aliphatic heterocycles. The number of hydrogen-bond acceptors (Lipinski definition) is 4. The van der Waals surface area contributed by atoms with E-state index in [2.05, 4.69) is 0 Å². The zero-order valence-corrected chi connectivity index (χ0v) is 12.0. The number of carbonyl (C=O) groups excluding carboxylic acids is 1. The van der Waals surface area contributed by atoms with E-state index >= 15 is 0 Å². The molecule has 7 heteroatoms. The first-order valence-electron chi connectivity index (χ1n) is 6.16. The molecule has 1 heterocycles. The van der Waals surface area contributed by atoms with Crippen LogP contribution in [-0.4, -0.2) is 41.0 Å². The monoisotopic (exact) mass is 298 g/mol. The van der Waals surface area contributed by atoms with Crippen LogP contribution >= 0.6 is 11.6 Å². The topological polar surface area (TPSA) is 72.7 Å². The summed E-state index contributed by atoms with van der Waals surface area (Å²) in [6, 6.07) is 4.00. The number of hydrogen-bond donors (Lipinski definition) is 0. The first-order chi connectivity index (χ1) is 9.33. The lowest BCUT2D eigenvalue weighted by Gasteiger charge is -2.42. The maximum atomic E-state index is 12.6. The highest BCUT2D eigenvalue weighted by molar-refractivity contribution is 6.31. The quantitative estimate of drug-likeness (QED) is 0.621. The van der Waals surface area contributed by atoms with Crippen molar-refractivity contribution in [2.24, 2.45) is 0 Å². The van der Waals surface area contributed by atoms with Crippen LogP contribution in [0.15, 0.2) is 18.2 Å². The van der Waals surface area contributed by atoms with Crippen LogP contribution in [-0.2, 0) is 4.74 Å². The van der Waals surface area contributed by atoms with Crippen LogP contribution < -0.4 is 0 Å². The van der Waals surface area contributed by atoms with Gasteiger partial charge in [-0.3, -0.25) is 14.9 Å². The number of rotatable bonds is 2. The molecule has 1 saturated heterocycles. The van der Waals surface area contributed by atoms with Crippen LogP contribution in [0, 0.1) is 10.1 Å². The molecule has 6 nitrogen and oxygen atoms in total. The first kappa shape index (κ1) is 14.7. The molecule has 1 amide bonds. The van der Waals surface area contributed by atoms with Gasteiger partial charge in [0.25, 0.3) is 11.6 Å². The van der Waals surface area contributed by atoms with Gasteiger partial charge in [-0.1, -0.05) is 11.6 Å². The minimum Gasteiger partial charge on any atom is -0.377 e. The number of nitrogens with zero attached hydrogens (tertiary/aromatic N) is 2. The molecule has 1 fully saturated rings. The van der Waals surface area contributed by atoms with Crippen molar-refractivity contribution >= 4 is 23.2 Å². The van der Waals surface area contributed by atoms with Crippen molar-refractivity contribution < 1.29 is 14.5 Å². The summed E-state index contributed by atoms with van der Waals surface area (Å²) in [5.41, 5.74) is -0.731. The summed E-state index contributed by atoms with van der Waals surface area (Å²) >= 11 is 5.86. The molecular formula is C13H15ClN2O4. The predicted octanol–water partition coefficient (Wildman–Crippen LogP) is 2.50. The lowest BCUT2D eigenvalue weighted by Crippen LogP contribution is -2.55. The van der Waals surface area contributed by atoms with E-state index in [1.165, 1.54) is 18.2 Å². The molecule has 0 unspecified atom stereocenters. The molecule has 1 aromatic rings. The van der Waals surface area contributed by atoms with E-state index in [-0.39, 0.29) is 11.3 Å². The largest absolute Gasteiger partial charge is 0.377 e. The number of halogens is 1. The fourth-order valence-electron chi connectivity index (χ4n) is 2.22. The summed E-state index contributed by atoms with van der Waals surface area (Å²) in [5, 5.41) is 11.3. The van der Waals surface area contributed by atoms with Crippen LogP contribution in [0.1, 0.15) is 24.2 Å². The van der Waals surface area contributed by atoms with Crippen molar-refractivity contribution in [2.75, 3.05) is 19.8 Å². The average Bonchev–Trinajstić information content (AvgIpc) is 2.37. The third-order valence-corrected chi connectivity index (χ3v) is 3.51. The summed E-state index contributed by atoms with van der Waals surface area (Å²) in [4.78, 5) is 24.7. The molecule has 2 rings (SSSR count). The average molecular weight is 299 g/mol. The highest BCUT2D eigenvalue weighted by Crippen LogP contribution is 2.28. The van der Waals surface area contributed by atoms with Crippen LogP contribution in [0.5, 0.6) is 0 Å². The van der Waals surface area contributed by atoms with Crippen LogP contribution in [0.4, 0.5) is 5.69 Å². The van der Waals surface area contributed by atoms with Crippen molar-refractivity contribution in [1.82, 2.24) is 4.90 Å². The molecule has 0 saturated carbocycles. The maximum absolute atomic E-state index is 12.6. The molecule has 0 radical (unpaired) electrons. The fraction of sp³-hybridized carbons (Fsp3) is 0.462. The third-order valence-electron chi connectivity index (χ3n) is 3.28. The van der Waals surface area contributed by atoms with Gasteiger partial charge in [0.05, 0.1) is 23.7 Å². The Labute approximate surface area is 121 Å². The first-order valence-corrected chi connectivity index (χ1v) is 6.54. The van der Waals surface area contributed by atoms with Gasteiger partial charge in [0, 0.05) is 17.6 Å². The summed E-state index contributed by atoms with van der Waals surface area (Å²) in [6.45, 7) is 4.94. The SMILES string of the molecule is CC1(C)COCCN1C(=O)c1cc(Cl)ccc1[N+](=O)[O-]. The highest BCUT2D eigenvalue weighted by Gasteiger charge is 2.36. The lowest BCUT2D eigenvalue weighted by atomic mass is 10.0. The molecule has 0 N–H and O–H groups in total. The van der Waals surface area contributed by atoms with E-state index in [0.717, 1.165) is 0 Å². The predicted molar refractivity (Wildman–Crippen MR) is 74.0 cm³/mol. The van der Waals surface area contributed by atoms with Crippen molar-refractivity contribution in [3.8, 4) is 0 Å². The van der Waals surface area contributed by atoms with E-state index in [1.54, 1.807) is 4.90 Å². The van der Waals surface area contributed by atoms with Gasteiger partial charge in [0.1, 0.15) is 5.56 Å². The highest BCUT2D eigenvalue weighted by atomic mass is 35.5. The lowest BCUT2D eigenvalue weighted by molar-refractivity contribution is -0.385. The fourth-order valence-corrected chi connectivity index (χ4v) is 2.39. The molecule has 1 aromatic carbocycles. The number of amides is 1. The van der Waals surface area contributed by atoms with Gasteiger partial charge >= 0.3 is 0 Å². The van der Waals surface area contributed by atoms with E-state index < -0.39 is 16.4 Å². The van der Waals surface area contributed by atoms with Gasteiger partial charge in [-0.25, -0.2) is 0 Å². The second kappa shape index (κ2) is 5.38. The molecule has 0 spiro atoms. The Balaban J connectivity index is 2.42. The Hall–Kier alpha value is -1.66. The standard InChI is InChI=1S/C13H15ClN2O4/c1-13(2)8-20-6-5-15(13)12(17)10-7-9(14)3-4-11(10)16(18)19/h3-4,7H,5-6,8H2,1-2H3. The molecule has 0 aliphatic carbocycles. The maximum Gasteiger partial charge on any atom is 0.282 e. The smallest absolute Gasteiger partial charge is 0.282 e. The summed E-state index contributed by atoms with van der Waals surface area (Å²) in [6.07, 6.45) is 0. The Bertz CT molecular complexity index is 559. The van der Waals surface area contributed by atoms with Gasteiger partial charge in [0.15, 0.2) is 0 Å². The minimum absolute atomic E-state index is 0.0116. The molecular weight excluding hydrogens is 284 g/mol. The van der Waals surface area contributed by atoms with Crippen molar-refractivity contribution in [3.05, 3.63) is 38.9 Å². The Kier molecular flexibility index (Phi) is 3.96. The van der Waals surface area contributed by atoms with Crippen molar-refractivity contribution in [2.45, 2.75) is 19.4 Å². The molecule has 1 aliphatic rings. The van der Waals surface area contributed by atoms with Crippen LogP contribution in [0.25, 0.3) is 0 Å². The van der Waals surface area contributed by atoms with E-state index in [1.807, 2.05) is 13.8 Å². The second-order valence-corrected chi connectivity index (χ2v) is 5.68. The molecule has 20 heavy (non-hydrogen) atoms. The van der Waals surface area contributed by atoms with Gasteiger partial charge in [-0.15, -0.1) is 0 Å². The number of morpholine rings is 1. The molecule has 0 aromatic heterocycles. The Morgan fingerprint density at radius 3 is 2.80 bits per heavy atom. The van der Waals surface area contributed by atoms with Crippen molar-refractivity contribution in [1.29, 1.82) is 0 Å².